The Kier molecular flexibility index (Phi) is 8.09. The molecular formula is C29H22BrN3O2. The number of anilines is 1. The molecule has 0 fully saturated rings. The number of hydrogen-bond acceptors (Lipinski definition) is 4. The molecule has 0 atom stereocenters. The van der Waals surface area contributed by atoms with Crippen molar-refractivity contribution in [3.8, 4) is 0 Å². The standard InChI is InChI=1S/C29H22BrN3O2/c30-24-18-16-21(17-19-24)27(34)20-26(29(35)31-25-14-8-3-9-15-25)32-33-28(22-10-4-1-5-11-22)23-12-6-2-7-13-23/h1-19H,20H2,(H,31,35). The van der Waals surface area contributed by atoms with Crippen molar-refractivity contribution < 1.29 is 9.59 Å². The number of amides is 1. The van der Waals surface area contributed by atoms with Crippen molar-refractivity contribution in [2.24, 2.45) is 10.2 Å². The van der Waals surface area contributed by atoms with E-state index >= 15 is 0 Å². The lowest BCUT2D eigenvalue weighted by Gasteiger charge is -2.09. The Morgan fingerprint density at radius 1 is 0.629 bits per heavy atom. The van der Waals surface area contributed by atoms with Gasteiger partial charge in [-0.1, -0.05) is 107 Å². The highest BCUT2D eigenvalue weighted by molar-refractivity contribution is 9.10. The van der Waals surface area contributed by atoms with E-state index in [1.165, 1.54) is 0 Å². The minimum Gasteiger partial charge on any atom is -0.321 e. The van der Waals surface area contributed by atoms with Gasteiger partial charge in [-0.25, -0.2) is 0 Å². The fourth-order valence-electron chi connectivity index (χ4n) is 3.36. The van der Waals surface area contributed by atoms with Crippen LogP contribution in [0.4, 0.5) is 5.69 Å². The van der Waals surface area contributed by atoms with Crippen LogP contribution in [-0.2, 0) is 4.79 Å². The first-order chi connectivity index (χ1) is 17.1. The first-order valence-corrected chi connectivity index (χ1v) is 11.8. The SMILES string of the molecule is O=C(Nc1ccccc1)C(CC(=O)c1ccc(Br)cc1)=NN=C(c1ccccc1)c1ccccc1. The molecule has 5 nitrogen and oxygen atoms in total. The number of para-hydroxylation sites is 1. The Labute approximate surface area is 212 Å². The second-order valence-corrected chi connectivity index (χ2v) is 8.57. The Hall–Kier alpha value is -4.16. The number of Topliss-reactive ketones (excluding diaryl/α,β-unsaturated/α-hetero) is 1. The molecule has 0 heterocycles. The maximum absolute atomic E-state index is 13.1. The van der Waals surface area contributed by atoms with Crippen LogP contribution < -0.4 is 5.32 Å². The maximum Gasteiger partial charge on any atom is 0.272 e. The molecule has 0 unspecified atom stereocenters. The van der Waals surface area contributed by atoms with Gasteiger partial charge in [-0.3, -0.25) is 9.59 Å². The number of carbonyl (C=O) groups is 2. The number of nitrogens with one attached hydrogen (secondary N) is 1. The fraction of sp³-hybridized carbons (Fsp3) is 0.0345. The molecule has 1 N–H and O–H groups in total. The van der Waals surface area contributed by atoms with Gasteiger partial charge >= 0.3 is 0 Å². The predicted octanol–water partition coefficient (Wildman–Crippen LogP) is 6.55. The zero-order valence-corrected chi connectivity index (χ0v) is 20.4. The summed E-state index contributed by atoms with van der Waals surface area (Å²) in [5, 5.41) is 11.6. The summed E-state index contributed by atoms with van der Waals surface area (Å²) in [6.07, 6.45) is -0.194. The average molecular weight is 524 g/mol. The third-order valence-electron chi connectivity index (χ3n) is 5.15. The van der Waals surface area contributed by atoms with Gasteiger partial charge in [0.15, 0.2) is 5.78 Å². The minimum absolute atomic E-state index is 0.0196. The minimum atomic E-state index is -0.481. The number of rotatable bonds is 8. The molecule has 1 amide bonds. The molecule has 0 saturated heterocycles. The highest BCUT2D eigenvalue weighted by atomic mass is 79.9. The molecule has 6 heteroatoms. The van der Waals surface area contributed by atoms with Gasteiger partial charge in [0.25, 0.3) is 5.91 Å². The molecule has 0 aromatic heterocycles. The van der Waals surface area contributed by atoms with Crippen LogP contribution in [0.5, 0.6) is 0 Å². The van der Waals surface area contributed by atoms with Crippen LogP contribution in [-0.4, -0.2) is 23.1 Å². The molecule has 4 rings (SSSR count). The third kappa shape index (κ3) is 6.68. The number of nitrogens with zero attached hydrogens (tertiary/aromatic N) is 2. The van der Waals surface area contributed by atoms with Crippen LogP contribution >= 0.6 is 15.9 Å². The predicted molar refractivity (Wildman–Crippen MR) is 144 cm³/mol. The number of halogens is 1. The van der Waals surface area contributed by atoms with Crippen molar-refractivity contribution in [1.82, 2.24) is 0 Å². The summed E-state index contributed by atoms with van der Waals surface area (Å²) in [6, 6.07) is 35.3. The third-order valence-corrected chi connectivity index (χ3v) is 5.68. The van der Waals surface area contributed by atoms with E-state index in [4.69, 9.17) is 0 Å². The Morgan fingerprint density at radius 3 is 1.69 bits per heavy atom. The van der Waals surface area contributed by atoms with Gasteiger partial charge in [-0.2, -0.15) is 0 Å². The van der Waals surface area contributed by atoms with Gasteiger partial charge in [0.1, 0.15) is 11.4 Å². The molecule has 4 aromatic carbocycles. The number of hydrogen-bond donors (Lipinski definition) is 1. The summed E-state index contributed by atoms with van der Waals surface area (Å²) in [5.74, 6) is -0.707. The van der Waals surface area contributed by atoms with E-state index in [0.717, 1.165) is 15.6 Å². The Balaban J connectivity index is 1.72. The molecule has 0 aliphatic carbocycles. The summed E-state index contributed by atoms with van der Waals surface area (Å²) in [6.45, 7) is 0. The van der Waals surface area contributed by atoms with Crippen LogP contribution in [0, 0.1) is 0 Å². The van der Waals surface area contributed by atoms with E-state index in [0.29, 0.717) is 17.0 Å². The van der Waals surface area contributed by atoms with Crippen molar-refractivity contribution in [2.45, 2.75) is 6.42 Å². The van der Waals surface area contributed by atoms with Crippen molar-refractivity contribution in [3.05, 3.63) is 136 Å². The Morgan fingerprint density at radius 2 is 1.14 bits per heavy atom. The molecular weight excluding hydrogens is 502 g/mol. The number of carbonyl (C=O) groups excluding carboxylic acids is 2. The van der Waals surface area contributed by atoms with E-state index in [1.807, 2.05) is 78.9 Å². The van der Waals surface area contributed by atoms with Crippen molar-refractivity contribution in [2.75, 3.05) is 5.32 Å². The van der Waals surface area contributed by atoms with Crippen molar-refractivity contribution >= 4 is 44.7 Å². The number of benzene rings is 4. The molecule has 0 aliphatic rings. The molecule has 0 saturated carbocycles. The van der Waals surface area contributed by atoms with E-state index in [-0.39, 0.29) is 17.9 Å². The average Bonchev–Trinajstić information content (AvgIpc) is 2.90. The first-order valence-electron chi connectivity index (χ1n) is 11.0. The van der Waals surface area contributed by atoms with Gasteiger partial charge in [-0.15, -0.1) is 10.2 Å². The second-order valence-electron chi connectivity index (χ2n) is 7.65. The number of ketones is 1. The summed E-state index contributed by atoms with van der Waals surface area (Å²) in [4.78, 5) is 26.1. The molecule has 4 aromatic rings. The molecule has 172 valence electrons. The van der Waals surface area contributed by atoms with E-state index in [2.05, 4.69) is 31.4 Å². The molecule has 0 radical (unpaired) electrons. The highest BCUT2D eigenvalue weighted by Gasteiger charge is 2.18. The van der Waals surface area contributed by atoms with E-state index < -0.39 is 5.91 Å². The lowest BCUT2D eigenvalue weighted by molar-refractivity contribution is -0.110. The highest BCUT2D eigenvalue weighted by Crippen LogP contribution is 2.15. The Bertz CT molecular complexity index is 1310. The summed E-state index contributed by atoms with van der Waals surface area (Å²) < 4.78 is 0.865. The monoisotopic (exact) mass is 523 g/mol. The van der Waals surface area contributed by atoms with Gasteiger partial charge < -0.3 is 5.32 Å². The molecule has 0 bridgehead atoms. The topological polar surface area (TPSA) is 70.9 Å². The molecule has 0 aliphatic heterocycles. The maximum atomic E-state index is 13.1. The van der Waals surface area contributed by atoms with Crippen molar-refractivity contribution in [3.63, 3.8) is 0 Å². The molecule has 35 heavy (non-hydrogen) atoms. The first kappa shape index (κ1) is 24.0. The zero-order valence-electron chi connectivity index (χ0n) is 18.8. The van der Waals surface area contributed by atoms with E-state index in [9.17, 15) is 9.59 Å². The van der Waals surface area contributed by atoms with Crippen LogP contribution in [0.3, 0.4) is 0 Å². The van der Waals surface area contributed by atoms with Gasteiger partial charge in [0.2, 0.25) is 0 Å². The van der Waals surface area contributed by atoms with E-state index in [1.54, 1.807) is 36.4 Å². The lowest BCUT2D eigenvalue weighted by Crippen LogP contribution is -2.25. The fourth-order valence-corrected chi connectivity index (χ4v) is 3.62. The van der Waals surface area contributed by atoms with Crippen molar-refractivity contribution in [1.29, 1.82) is 0 Å². The van der Waals surface area contributed by atoms with Gasteiger partial charge in [0.05, 0.1) is 6.42 Å². The van der Waals surface area contributed by atoms with Crippen LogP contribution in [0.25, 0.3) is 0 Å². The summed E-state index contributed by atoms with van der Waals surface area (Å²) in [5.41, 5.74) is 3.42. The largest absolute Gasteiger partial charge is 0.321 e. The lowest BCUT2D eigenvalue weighted by atomic mass is 10.0. The summed E-state index contributed by atoms with van der Waals surface area (Å²) >= 11 is 3.37. The van der Waals surface area contributed by atoms with Crippen LogP contribution in [0.15, 0.2) is 130 Å². The smallest absolute Gasteiger partial charge is 0.272 e. The van der Waals surface area contributed by atoms with Gasteiger partial charge in [-0.05, 0) is 24.3 Å². The second kappa shape index (κ2) is 11.8. The van der Waals surface area contributed by atoms with Crippen LogP contribution in [0.1, 0.15) is 27.9 Å². The normalized spacial score (nSPS) is 10.9. The molecule has 0 spiro atoms. The summed E-state index contributed by atoms with van der Waals surface area (Å²) in [7, 11) is 0. The van der Waals surface area contributed by atoms with Gasteiger partial charge in [0, 0.05) is 26.9 Å². The zero-order chi connectivity index (χ0) is 24.5. The van der Waals surface area contributed by atoms with Crippen LogP contribution in [0.2, 0.25) is 0 Å². The quantitative estimate of drug-likeness (QED) is 0.161.